The average molecular weight is 449 g/mol. The van der Waals surface area contributed by atoms with E-state index in [9.17, 15) is 0 Å². The molecule has 0 bridgehead atoms. The normalized spacial score (nSPS) is 15.3. The number of para-hydroxylation sites is 2. The number of hydrogen-bond acceptors (Lipinski definition) is 6. The van der Waals surface area contributed by atoms with Gasteiger partial charge in [0.25, 0.3) is 0 Å². The highest BCUT2D eigenvalue weighted by Crippen LogP contribution is 2.37. The minimum atomic E-state index is -0.0143. The van der Waals surface area contributed by atoms with Crippen molar-refractivity contribution in [3.05, 3.63) is 95.6 Å². The van der Waals surface area contributed by atoms with Gasteiger partial charge in [-0.25, -0.2) is 0 Å². The van der Waals surface area contributed by atoms with Gasteiger partial charge < -0.3 is 29.6 Å². The fraction of sp³-hybridized carbons (Fsp3) is 0.259. The summed E-state index contributed by atoms with van der Waals surface area (Å²) in [5, 5.41) is 7.44. The molecule has 3 aromatic carbocycles. The van der Waals surface area contributed by atoms with Gasteiger partial charge in [-0.3, -0.25) is 0 Å². The molecule has 0 radical (unpaired) electrons. The van der Waals surface area contributed by atoms with E-state index in [4.69, 9.17) is 18.9 Å². The average Bonchev–Trinajstić information content (AvgIpc) is 3.51. The monoisotopic (exact) mass is 448 g/mol. The Balaban J connectivity index is 0.00000171. The van der Waals surface area contributed by atoms with Crippen LogP contribution in [0.5, 0.6) is 23.0 Å². The Morgan fingerprint density at radius 2 is 1.36 bits per heavy atom. The van der Waals surface area contributed by atoms with Crippen LogP contribution in [-0.4, -0.2) is 19.6 Å². The van der Waals surface area contributed by atoms with Crippen LogP contribution >= 0.6 is 0 Å². The summed E-state index contributed by atoms with van der Waals surface area (Å²) in [6, 6.07) is 22.4. The first-order chi connectivity index (χ1) is 16.2. The molecule has 2 aliphatic heterocycles. The summed E-state index contributed by atoms with van der Waals surface area (Å²) in [6.45, 7) is 8.14. The van der Waals surface area contributed by atoms with Gasteiger partial charge in [-0.15, -0.1) is 0 Å². The minimum absolute atomic E-state index is 0. The lowest BCUT2D eigenvalue weighted by Crippen LogP contribution is -2.42. The van der Waals surface area contributed by atoms with Crippen molar-refractivity contribution >= 4 is 0 Å². The summed E-state index contributed by atoms with van der Waals surface area (Å²) >= 11 is 0. The topological polar surface area (TPSA) is 61.0 Å². The van der Waals surface area contributed by atoms with Gasteiger partial charge in [-0.1, -0.05) is 66.7 Å². The van der Waals surface area contributed by atoms with Crippen LogP contribution < -0.4 is 29.6 Å². The molecule has 2 atom stereocenters. The number of rotatable bonds is 9. The Kier molecular flexibility index (Phi) is 6.19. The number of ether oxygens (including phenoxy) is 4. The van der Waals surface area contributed by atoms with Gasteiger partial charge in [-0.05, 0) is 24.6 Å². The molecule has 6 heteroatoms. The van der Waals surface area contributed by atoms with E-state index in [1.807, 2.05) is 30.3 Å². The molecule has 0 spiro atoms. The Labute approximate surface area is 197 Å². The van der Waals surface area contributed by atoms with Crippen molar-refractivity contribution in [1.29, 1.82) is 0 Å². The van der Waals surface area contributed by atoms with Crippen molar-refractivity contribution in [3.63, 3.8) is 0 Å². The van der Waals surface area contributed by atoms with Gasteiger partial charge in [0.05, 0.1) is 6.04 Å². The standard InChI is InChI=1S/C27H28N2O4.2H2/c1-18(2)24(28-14-20-10-6-12-22-26(20)32-16-30-22)25(19-8-4-3-5-9-19)29-15-21-11-7-13-23-27(21)33-17-31-23;;/h3-13,24-25,28-29H,1,14-17H2,2H3;2*1H/t24-,25-;;/m0../s1. The van der Waals surface area contributed by atoms with Gasteiger partial charge in [0.15, 0.2) is 23.0 Å². The predicted octanol–water partition coefficient (Wildman–Crippen LogP) is 5.20. The Morgan fingerprint density at radius 1 is 0.788 bits per heavy atom. The summed E-state index contributed by atoms with van der Waals surface area (Å²) < 4.78 is 22.5. The molecule has 174 valence electrons. The number of fused-ring (bicyclic) bond motifs is 2. The summed E-state index contributed by atoms with van der Waals surface area (Å²) in [5.74, 6) is 3.21. The molecule has 33 heavy (non-hydrogen) atoms. The molecule has 0 unspecified atom stereocenters. The van der Waals surface area contributed by atoms with E-state index in [1.54, 1.807) is 0 Å². The second-order valence-electron chi connectivity index (χ2n) is 8.28. The Morgan fingerprint density at radius 3 is 1.94 bits per heavy atom. The van der Waals surface area contributed by atoms with Crippen LogP contribution in [0.3, 0.4) is 0 Å². The lowest BCUT2D eigenvalue weighted by Gasteiger charge is -2.30. The molecule has 0 amide bonds. The molecule has 0 aromatic heterocycles. The van der Waals surface area contributed by atoms with Crippen molar-refractivity contribution in [2.75, 3.05) is 13.6 Å². The van der Waals surface area contributed by atoms with Gasteiger partial charge in [0.1, 0.15) is 0 Å². The van der Waals surface area contributed by atoms with Gasteiger partial charge in [0, 0.05) is 33.1 Å². The molecular weight excluding hydrogens is 416 g/mol. The number of hydrogen-bond donors (Lipinski definition) is 2. The second-order valence-corrected chi connectivity index (χ2v) is 8.28. The van der Waals surface area contributed by atoms with Crippen LogP contribution in [0, 0.1) is 0 Å². The lowest BCUT2D eigenvalue weighted by molar-refractivity contribution is 0.172. The maximum Gasteiger partial charge on any atom is 0.231 e. The van der Waals surface area contributed by atoms with Crippen LogP contribution in [0.1, 0.15) is 32.5 Å². The predicted molar refractivity (Wildman–Crippen MR) is 131 cm³/mol. The first-order valence-corrected chi connectivity index (χ1v) is 11.1. The minimum Gasteiger partial charge on any atom is -0.454 e. The number of benzene rings is 3. The van der Waals surface area contributed by atoms with E-state index in [2.05, 4.69) is 60.5 Å². The lowest BCUT2D eigenvalue weighted by atomic mass is 9.94. The highest BCUT2D eigenvalue weighted by atomic mass is 16.7. The van der Waals surface area contributed by atoms with E-state index in [0.29, 0.717) is 13.1 Å². The van der Waals surface area contributed by atoms with Crippen LogP contribution in [-0.2, 0) is 13.1 Å². The quantitative estimate of drug-likeness (QED) is 0.439. The van der Waals surface area contributed by atoms with E-state index < -0.39 is 0 Å². The molecule has 0 fully saturated rings. The fourth-order valence-corrected chi connectivity index (χ4v) is 4.36. The largest absolute Gasteiger partial charge is 0.454 e. The molecule has 2 heterocycles. The Bertz CT molecular complexity index is 1140. The number of nitrogens with one attached hydrogen (secondary N) is 2. The molecule has 2 aliphatic rings. The fourth-order valence-electron chi connectivity index (χ4n) is 4.36. The van der Waals surface area contributed by atoms with Crippen molar-refractivity contribution in [1.82, 2.24) is 10.6 Å². The summed E-state index contributed by atoms with van der Waals surface area (Å²) in [7, 11) is 0. The zero-order chi connectivity index (χ0) is 22.6. The molecule has 3 aromatic rings. The van der Waals surface area contributed by atoms with Crippen molar-refractivity contribution in [3.8, 4) is 23.0 Å². The highest BCUT2D eigenvalue weighted by Gasteiger charge is 2.26. The van der Waals surface area contributed by atoms with Gasteiger partial charge in [-0.2, -0.15) is 0 Å². The first-order valence-electron chi connectivity index (χ1n) is 11.1. The summed E-state index contributed by atoms with van der Waals surface area (Å²) in [6.07, 6.45) is 0. The highest BCUT2D eigenvalue weighted by molar-refractivity contribution is 5.49. The molecule has 2 N–H and O–H groups in total. The summed E-state index contributed by atoms with van der Waals surface area (Å²) in [4.78, 5) is 0. The molecule has 6 nitrogen and oxygen atoms in total. The van der Waals surface area contributed by atoms with E-state index in [1.165, 1.54) is 5.56 Å². The second kappa shape index (κ2) is 9.57. The van der Waals surface area contributed by atoms with E-state index >= 15 is 0 Å². The van der Waals surface area contributed by atoms with Crippen LogP contribution in [0.15, 0.2) is 78.9 Å². The van der Waals surface area contributed by atoms with Crippen molar-refractivity contribution < 1.29 is 21.8 Å². The SMILES string of the molecule is C=C(C)[C@H](NCc1cccc2c1OCO2)[C@@H](NCc1cccc2c1OCO2)c1ccccc1.[HH].[HH]. The van der Waals surface area contributed by atoms with Crippen molar-refractivity contribution in [2.45, 2.75) is 32.1 Å². The van der Waals surface area contributed by atoms with Crippen molar-refractivity contribution in [2.24, 2.45) is 0 Å². The van der Waals surface area contributed by atoms with Gasteiger partial charge >= 0.3 is 0 Å². The zero-order valence-electron chi connectivity index (χ0n) is 18.7. The molecule has 0 aliphatic carbocycles. The van der Waals surface area contributed by atoms with E-state index in [0.717, 1.165) is 39.7 Å². The maximum atomic E-state index is 5.70. The molecule has 0 saturated heterocycles. The smallest absolute Gasteiger partial charge is 0.231 e. The third-order valence-electron chi connectivity index (χ3n) is 6.00. The first kappa shape index (κ1) is 21.4. The maximum absolute atomic E-state index is 5.70. The Hall–Kier alpha value is -3.48. The van der Waals surface area contributed by atoms with Crippen LogP contribution in [0.2, 0.25) is 0 Å². The van der Waals surface area contributed by atoms with E-state index in [-0.39, 0.29) is 28.5 Å². The molecule has 0 saturated carbocycles. The molecule has 5 rings (SSSR count). The van der Waals surface area contributed by atoms with Crippen LogP contribution in [0.4, 0.5) is 0 Å². The zero-order valence-corrected chi connectivity index (χ0v) is 18.7. The summed E-state index contributed by atoms with van der Waals surface area (Å²) in [5.41, 5.74) is 4.35. The third-order valence-corrected chi connectivity index (χ3v) is 6.00. The van der Waals surface area contributed by atoms with Crippen LogP contribution in [0.25, 0.3) is 0 Å². The third kappa shape index (κ3) is 4.53. The van der Waals surface area contributed by atoms with Gasteiger partial charge in [0.2, 0.25) is 13.6 Å². The molecular formula is C27H32N2O4.